The van der Waals surface area contributed by atoms with E-state index in [-0.39, 0.29) is 12.7 Å². The van der Waals surface area contributed by atoms with Crippen molar-refractivity contribution >= 4 is 43.8 Å². The maximum absolute atomic E-state index is 11.9. The summed E-state index contributed by atoms with van der Waals surface area (Å²) in [5.41, 5.74) is 0.998. The van der Waals surface area contributed by atoms with Gasteiger partial charge in [-0.25, -0.2) is 0 Å². The minimum atomic E-state index is 0.0376. The molecule has 0 saturated heterocycles. The van der Waals surface area contributed by atoms with Crippen LogP contribution in [0.1, 0.15) is 12.0 Å². The number of rotatable bonds is 3. The predicted molar refractivity (Wildman–Crippen MR) is 87.5 cm³/mol. The topological polar surface area (TPSA) is 38.8 Å². The zero-order valence-corrected chi connectivity index (χ0v) is 14.3. The van der Waals surface area contributed by atoms with Crippen LogP contribution in [0.3, 0.4) is 0 Å². The minimum absolute atomic E-state index is 0.0376. The van der Waals surface area contributed by atoms with Crippen LogP contribution in [0, 0.1) is 0 Å². The molecule has 2 aliphatic heterocycles. The summed E-state index contributed by atoms with van der Waals surface area (Å²) in [7, 11) is 0. The number of amides is 1. The van der Waals surface area contributed by atoms with E-state index < -0.39 is 0 Å². The van der Waals surface area contributed by atoms with Crippen LogP contribution in [0.15, 0.2) is 33.2 Å². The maximum Gasteiger partial charge on any atom is 0.260 e. The van der Waals surface area contributed by atoms with Gasteiger partial charge in [-0.15, -0.1) is 0 Å². The molecule has 0 unspecified atom stereocenters. The van der Waals surface area contributed by atoms with Gasteiger partial charge in [-0.1, -0.05) is 34.2 Å². The fraction of sp³-hybridized carbons (Fsp3) is 0.267. The second-order valence-electron chi connectivity index (χ2n) is 4.72. The quantitative estimate of drug-likeness (QED) is 0.756. The van der Waals surface area contributed by atoms with Gasteiger partial charge < -0.3 is 14.4 Å². The van der Waals surface area contributed by atoms with E-state index in [1.54, 1.807) is 0 Å². The second-order valence-corrected chi connectivity index (χ2v) is 6.43. The summed E-state index contributed by atoms with van der Waals surface area (Å²) in [4.78, 5) is 13.7. The van der Waals surface area contributed by atoms with Crippen molar-refractivity contribution in [3.05, 3.63) is 38.8 Å². The normalized spacial score (nSPS) is 17.5. The van der Waals surface area contributed by atoms with Crippen molar-refractivity contribution in [3.8, 4) is 11.5 Å². The van der Waals surface area contributed by atoms with Gasteiger partial charge >= 0.3 is 0 Å². The molecule has 0 bridgehead atoms. The highest BCUT2D eigenvalue weighted by Gasteiger charge is 2.19. The third-order valence-corrected chi connectivity index (χ3v) is 4.68. The molecule has 6 heteroatoms. The van der Waals surface area contributed by atoms with Crippen LogP contribution in [0.4, 0.5) is 0 Å². The summed E-state index contributed by atoms with van der Waals surface area (Å²) in [5.74, 6) is 1.53. The summed E-state index contributed by atoms with van der Waals surface area (Å²) in [5, 5.41) is 0. The lowest BCUT2D eigenvalue weighted by Gasteiger charge is -2.23. The summed E-state index contributed by atoms with van der Waals surface area (Å²) < 4.78 is 12.3. The van der Waals surface area contributed by atoms with Crippen molar-refractivity contribution in [2.75, 3.05) is 19.9 Å². The van der Waals surface area contributed by atoms with E-state index >= 15 is 0 Å². The molecule has 0 spiro atoms. The van der Waals surface area contributed by atoms with Gasteiger partial charge in [-0.05, 0) is 40.0 Å². The average molecular weight is 415 g/mol. The zero-order chi connectivity index (χ0) is 14.8. The third-order valence-electron chi connectivity index (χ3n) is 3.33. The smallest absolute Gasteiger partial charge is 0.260 e. The first-order chi connectivity index (χ1) is 10.1. The fourth-order valence-electron chi connectivity index (χ4n) is 2.23. The third kappa shape index (κ3) is 3.16. The zero-order valence-electron chi connectivity index (χ0n) is 11.1. The average Bonchev–Trinajstić information content (AvgIpc) is 2.90. The van der Waals surface area contributed by atoms with Gasteiger partial charge in [0.1, 0.15) is 0 Å². The Bertz CT molecular complexity index is 640. The number of hydrogen-bond acceptors (Lipinski definition) is 3. The Hall–Kier alpha value is -1.27. The van der Waals surface area contributed by atoms with Gasteiger partial charge in [-0.2, -0.15) is 0 Å². The highest BCUT2D eigenvalue weighted by Crippen LogP contribution is 2.37. The van der Waals surface area contributed by atoms with E-state index in [0.717, 1.165) is 34.5 Å². The van der Waals surface area contributed by atoms with Gasteiger partial charge in [0.2, 0.25) is 6.79 Å². The first kappa shape index (κ1) is 14.7. The van der Waals surface area contributed by atoms with E-state index in [9.17, 15) is 4.79 Å². The van der Waals surface area contributed by atoms with Crippen molar-refractivity contribution in [1.82, 2.24) is 4.90 Å². The lowest BCUT2D eigenvalue weighted by Crippen LogP contribution is -2.34. The molecule has 0 radical (unpaired) electrons. The molecule has 0 fully saturated rings. The van der Waals surface area contributed by atoms with E-state index in [2.05, 4.69) is 31.9 Å². The van der Waals surface area contributed by atoms with Crippen molar-refractivity contribution in [1.29, 1.82) is 0 Å². The predicted octanol–water partition coefficient (Wildman–Crippen LogP) is 3.70. The van der Waals surface area contributed by atoms with Crippen molar-refractivity contribution in [2.45, 2.75) is 6.42 Å². The van der Waals surface area contributed by atoms with Crippen LogP contribution in [-0.4, -0.2) is 30.7 Å². The van der Waals surface area contributed by atoms with Crippen LogP contribution in [0.25, 0.3) is 6.08 Å². The van der Waals surface area contributed by atoms with Crippen LogP contribution in [-0.2, 0) is 4.79 Å². The number of nitrogens with zero attached hydrogens (tertiary/aromatic N) is 1. The van der Waals surface area contributed by atoms with Crippen molar-refractivity contribution in [2.24, 2.45) is 0 Å². The molecule has 2 aliphatic rings. The summed E-state index contributed by atoms with van der Waals surface area (Å²) in [6.45, 7) is 1.60. The summed E-state index contributed by atoms with van der Waals surface area (Å²) >= 11 is 6.80. The first-order valence-electron chi connectivity index (χ1n) is 6.56. The van der Waals surface area contributed by atoms with Gasteiger partial charge in [0, 0.05) is 17.6 Å². The SMILES string of the molecule is O=C1C(Br)=CCCN1C/C=C/c1cc2c(cc1Br)OCO2. The lowest BCUT2D eigenvalue weighted by molar-refractivity contribution is -0.126. The Morgan fingerprint density at radius 3 is 2.81 bits per heavy atom. The standard InChI is InChI=1S/C15H13Br2NO3/c16-11-4-2-6-18(15(11)19)5-1-3-10-7-13-14(8-12(10)17)21-9-20-13/h1,3-4,7-8H,2,5-6,9H2/b3-1+. The minimum Gasteiger partial charge on any atom is -0.454 e. The molecule has 21 heavy (non-hydrogen) atoms. The number of carbonyl (C=O) groups is 1. The fourth-order valence-corrected chi connectivity index (χ4v) is 3.16. The van der Waals surface area contributed by atoms with E-state index in [0.29, 0.717) is 11.0 Å². The van der Waals surface area contributed by atoms with Gasteiger partial charge in [-0.3, -0.25) is 4.79 Å². The highest BCUT2D eigenvalue weighted by molar-refractivity contribution is 9.12. The van der Waals surface area contributed by atoms with Gasteiger partial charge in [0.05, 0.1) is 4.48 Å². The van der Waals surface area contributed by atoms with E-state index in [1.165, 1.54) is 0 Å². The molecular weight excluding hydrogens is 402 g/mol. The Kier molecular flexibility index (Phi) is 4.35. The van der Waals surface area contributed by atoms with Crippen molar-refractivity contribution < 1.29 is 14.3 Å². The molecule has 2 heterocycles. The Labute approximate surface area is 139 Å². The van der Waals surface area contributed by atoms with Crippen LogP contribution in [0.2, 0.25) is 0 Å². The van der Waals surface area contributed by atoms with Crippen LogP contribution >= 0.6 is 31.9 Å². The number of halogens is 2. The molecule has 110 valence electrons. The summed E-state index contributed by atoms with van der Waals surface area (Å²) in [6.07, 6.45) is 6.75. The molecule has 0 aromatic heterocycles. The van der Waals surface area contributed by atoms with Gasteiger partial charge in [0.15, 0.2) is 11.5 Å². The molecule has 1 amide bonds. The number of benzene rings is 1. The monoisotopic (exact) mass is 413 g/mol. The first-order valence-corrected chi connectivity index (χ1v) is 8.14. The largest absolute Gasteiger partial charge is 0.454 e. The number of carbonyl (C=O) groups excluding carboxylic acids is 1. The number of hydrogen-bond donors (Lipinski definition) is 0. The molecule has 3 rings (SSSR count). The molecule has 1 aromatic carbocycles. The van der Waals surface area contributed by atoms with Gasteiger partial charge in [0.25, 0.3) is 5.91 Å². The van der Waals surface area contributed by atoms with E-state index in [4.69, 9.17) is 9.47 Å². The molecule has 0 N–H and O–H groups in total. The summed E-state index contributed by atoms with van der Waals surface area (Å²) in [6, 6.07) is 3.82. The second kappa shape index (κ2) is 6.23. The van der Waals surface area contributed by atoms with Crippen molar-refractivity contribution in [3.63, 3.8) is 0 Å². The highest BCUT2D eigenvalue weighted by atomic mass is 79.9. The van der Waals surface area contributed by atoms with Crippen LogP contribution < -0.4 is 9.47 Å². The maximum atomic E-state index is 11.9. The van der Waals surface area contributed by atoms with Crippen LogP contribution in [0.5, 0.6) is 11.5 Å². The molecule has 1 aromatic rings. The Balaban J connectivity index is 1.70. The molecular formula is C15H13Br2NO3. The van der Waals surface area contributed by atoms with E-state index in [1.807, 2.05) is 35.3 Å². The molecule has 0 aliphatic carbocycles. The number of fused-ring (bicyclic) bond motifs is 1. The molecule has 0 atom stereocenters. The molecule has 4 nitrogen and oxygen atoms in total. The molecule has 0 saturated carbocycles. The Morgan fingerprint density at radius 1 is 1.24 bits per heavy atom. The lowest BCUT2D eigenvalue weighted by atomic mass is 10.2. The number of ether oxygens (including phenoxy) is 2. The Morgan fingerprint density at radius 2 is 2.00 bits per heavy atom.